The smallest absolute Gasteiger partial charge is 0.410 e. The minimum absolute atomic E-state index is 0.0233. The number of piperidine rings is 3. The molecule has 2 aliphatic carbocycles. The predicted molar refractivity (Wildman–Crippen MR) is 258 cm³/mol. The van der Waals surface area contributed by atoms with E-state index < -0.39 is 11.2 Å². The van der Waals surface area contributed by atoms with E-state index in [9.17, 15) is 19.2 Å². The molecule has 15 nitrogen and oxygen atoms in total. The molecule has 5 aliphatic rings. The Morgan fingerprint density at radius 1 is 0.576 bits per heavy atom. The zero-order valence-electron chi connectivity index (χ0n) is 40.9. The highest BCUT2D eigenvalue weighted by atomic mass is 16.6. The molecule has 3 aromatic rings. The lowest BCUT2D eigenvalue weighted by Crippen LogP contribution is -2.45. The second kappa shape index (κ2) is 20.7. The molecule has 3 saturated heterocycles. The minimum Gasteiger partial charge on any atom is -0.444 e. The number of amides is 4. The number of rotatable bonds is 7. The topological polar surface area (TPSA) is 194 Å². The van der Waals surface area contributed by atoms with Crippen LogP contribution in [-0.2, 0) is 35.3 Å². The average Bonchev–Trinajstić information content (AvgIpc) is 4.19. The van der Waals surface area contributed by atoms with Gasteiger partial charge in [0.1, 0.15) is 28.7 Å². The molecule has 360 valence electrons. The van der Waals surface area contributed by atoms with Crippen molar-refractivity contribution < 1.29 is 28.7 Å². The Kier molecular flexibility index (Phi) is 15.7. The van der Waals surface area contributed by atoms with Gasteiger partial charge in [0.15, 0.2) is 0 Å². The first-order valence-electron chi connectivity index (χ1n) is 24.0. The molecule has 8 rings (SSSR count). The standard InChI is InChI=1S/C20H29N3O3.C16H25N3O2.C15H21N3O/c1-19(2,3)26-18(25)23-11-9-20(4,10-12-23)15-7-8-16(21-13-15)22-17(24)14-5-6-14;1-15(2,3)21-14(20)19-9-7-16(4,8-10-19)12-5-6-13(17)18-11-12;1-15(6-8-16-9-7-15)12-4-5-13(17-10-12)18-14(19)11-2-3-11/h7-8,13-14H,5-6,9-12H2,1-4H3,(H,21,22,24);5-6,11H,7-10H2,1-4H3,(H2,17,18);4-5,10-11,16H,2-3,6-9H2,1H3,(H,17,18,19). The lowest BCUT2D eigenvalue weighted by atomic mass is 9.75. The number of ether oxygens (including phenoxy) is 2. The van der Waals surface area contributed by atoms with Crippen molar-refractivity contribution in [3.8, 4) is 0 Å². The van der Waals surface area contributed by atoms with Crippen LogP contribution in [0.5, 0.6) is 0 Å². The summed E-state index contributed by atoms with van der Waals surface area (Å²) >= 11 is 0. The highest BCUT2D eigenvalue weighted by Gasteiger charge is 2.37. The lowest BCUT2D eigenvalue weighted by Gasteiger charge is -2.40. The van der Waals surface area contributed by atoms with Crippen LogP contribution in [0.1, 0.15) is 143 Å². The number of anilines is 3. The molecule has 6 heterocycles. The van der Waals surface area contributed by atoms with Gasteiger partial charge in [0, 0.05) is 56.6 Å². The number of hydrogen-bond donors (Lipinski definition) is 4. The summed E-state index contributed by atoms with van der Waals surface area (Å²) in [7, 11) is 0. The Morgan fingerprint density at radius 3 is 1.23 bits per heavy atom. The van der Waals surface area contributed by atoms with Gasteiger partial charge in [0.05, 0.1) is 0 Å². The molecule has 5 fully saturated rings. The Bertz CT molecular complexity index is 2100. The Labute approximate surface area is 392 Å². The molecule has 3 aliphatic heterocycles. The second-order valence-electron chi connectivity index (χ2n) is 21.7. The van der Waals surface area contributed by atoms with E-state index in [-0.39, 0.29) is 52.1 Å². The van der Waals surface area contributed by atoms with E-state index in [2.05, 4.69) is 57.7 Å². The fraction of sp³-hybridized carbons (Fsp3) is 0.627. The zero-order chi connectivity index (χ0) is 47.9. The van der Waals surface area contributed by atoms with Gasteiger partial charge in [-0.3, -0.25) is 9.59 Å². The number of likely N-dealkylation sites (tertiary alicyclic amines) is 2. The van der Waals surface area contributed by atoms with E-state index in [1.165, 1.54) is 11.1 Å². The summed E-state index contributed by atoms with van der Waals surface area (Å²) in [4.78, 5) is 64.3. The molecule has 0 aromatic carbocycles. The Morgan fingerprint density at radius 2 is 0.924 bits per heavy atom. The number of pyridine rings is 3. The summed E-state index contributed by atoms with van der Waals surface area (Å²) in [5, 5.41) is 9.14. The van der Waals surface area contributed by atoms with E-state index in [1.807, 2.05) is 90.5 Å². The van der Waals surface area contributed by atoms with Gasteiger partial charge in [-0.2, -0.15) is 0 Å². The molecular weight excluding hydrogens is 835 g/mol. The summed E-state index contributed by atoms with van der Waals surface area (Å²) < 4.78 is 10.9. The fourth-order valence-electron chi connectivity index (χ4n) is 8.42. The first-order valence-corrected chi connectivity index (χ1v) is 24.0. The van der Waals surface area contributed by atoms with Crippen molar-refractivity contribution in [2.24, 2.45) is 11.8 Å². The number of nitrogens with zero attached hydrogens (tertiary/aromatic N) is 5. The summed E-state index contributed by atoms with van der Waals surface area (Å²) in [6.07, 6.45) is 15.0. The molecule has 4 amide bonds. The van der Waals surface area contributed by atoms with Crippen molar-refractivity contribution in [1.29, 1.82) is 0 Å². The number of nitrogens with two attached hydrogens (primary N) is 1. The minimum atomic E-state index is -0.470. The predicted octanol–water partition coefficient (Wildman–Crippen LogP) is 8.74. The maximum absolute atomic E-state index is 12.2. The van der Waals surface area contributed by atoms with Crippen LogP contribution in [-0.4, -0.2) is 99.2 Å². The molecule has 2 saturated carbocycles. The summed E-state index contributed by atoms with van der Waals surface area (Å²) in [6, 6.07) is 11.8. The molecule has 66 heavy (non-hydrogen) atoms. The fourth-order valence-corrected chi connectivity index (χ4v) is 8.42. The summed E-state index contributed by atoms with van der Waals surface area (Å²) in [5.74, 6) is 2.41. The van der Waals surface area contributed by atoms with Crippen molar-refractivity contribution in [2.75, 3.05) is 55.6 Å². The van der Waals surface area contributed by atoms with E-state index in [0.29, 0.717) is 43.6 Å². The normalized spacial score (nSPS) is 20.0. The molecule has 0 spiro atoms. The number of carbonyl (C=O) groups excluding carboxylic acids is 4. The average molecular weight is 910 g/mol. The van der Waals surface area contributed by atoms with Crippen LogP contribution in [0.4, 0.5) is 27.0 Å². The molecular formula is C51H75N9O6. The molecule has 0 atom stereocenters. The van der Waals surface area contributed by atoms with Crippen LogP contribution in [0.2, 0.25) is 0 Å². The first-order chi connectivity index (χ1) is 31.0. The van der Waals surface area contributed by atoms with Gasteiger partial charge in [0.25, 0.3) is 0 Å². The largest absolute Gasteiger partial charge is 0.444 e. The van der Waals surface area contributed by atoms with Gasteiger partial charge in [-0.25, -0.2) is 24.5 Å². The number of nitrogens with one attached hydrogen (secondary N) is 3. The van der Waals surface area contributed by atoms with E-state index in [4.69, 9.17) is 15.2 Å². The monoisotopic (exact) mass is 910 g/mol. The van der Waals surface area contributed by atoms with Crippen LogP contribution in [0.25, 0.3) is 0 Å². The number of nitrogen functional groups attached to an aromatic ring is 1. The van der Waals surface area contributed by atoms with Crippen LogP contribution < -0.4 is 21.7 Å². The highest BCUT2D eigenvalue weighted by Crippen LogP contribution is 2.38. The summed E-state index contributed by atoms with van der Waals surface area (Å²) in [5.41, 5.74) is 8.56. The number of aromatic nitrogens is 3. The molecule has 0 radical (unpaired) electrons. The summed E-state index contributed by atoms with van der Waals surface area (Å²) in [6.45, 7) is 22.9. The molecule has 0 bridgehead atoms. The van der Waals surface area contributed by atoms with Gasteiger partial charge < -0.3 is 41.0 Å². The van der Waals surface area contributed by atoms with Crippen LogP contribution in [0.3, 0.4) is 0 Å². The van der Waals surface area contributed by atoms with Crippen LogP contribution >= 0.6 is 0 Å². The van der Waals surface area contributed by atoms with Crippen molar-refractivity contribution in [2.45, 2.75) is 154 Å². The maximum atomic E-state index is 12.2. The van der Waals surface area contributed by atoms with E-state index >= 15 is 0 Å². The first kappa shape index (κ1) is 50.1. The van der Waals surface area contributed by atoms with Gasteiger partial charge >= 0.3 is 12.2 Å². The maximum Gasteiger partial charge on any atom is 0.410 e. The molecule has 5 N–H and O–H groups in total. The van der Waals surface area contributed by atoms with Crippen LogP contribution in [0.15, 0.2) is 55.0 Å². The SMILES string of the molecule is CC(C)(C)OC(=O)N1CCC(C)(c2ccc(N)nc2)CC1.CC(C)(C)OC(=O)N1CCC(C)(c2ccc(NC(=O)C3CC3)nc2)CC1.CC1(c2ccc(NC(=O)C3CC3)nc2)CCNCC1. The number of hydrogen-bond acceptors (Lipinski definition) is 11. The zero-order valence-corrected chi connectivity index (χ0v) is 40.9. The van der Waals surface area contributed by atoms with Crippen molar-refractivity contribution in [3.63, 3.8) is 0 Å². The molecule has 0 unspecified atom stereocenters. The van der Waals surface area contributed by atoms with E-state index in [0.717, 1.165) is 82.9 Å². The Hall–Kier alpha value is -5.31. The van der Waals surface area contributed by atoms with Crippen molar-refractivity contribution >= 4 is 41.5 Å². The van der Waals surface area contributed by atoms with Gasteiger partial charge in [-0.1, -0.05) is 39.0 Å². The third-order valence-corrected chi connectivity index (χ3v) is 13.5. The third kappa shape index (κ3) is 14.3. The van der Waals surface area contributed by atoms with Crippen molar-refractivity contribution in [1.82, 2.24) is 30.1 Å². The van der Waals surface area contributed by atoms with Gasteiger partial charge in [-0.05, 0) is 170 Å². The lowest BCUT2D eigenvalue weighted by molar-refractivity contribution is -0.118. The quantitative estimate of drug-likeness (QED) is 0.177. The van der Waals surface area contributed by atoms with Gasteiger partial charge in [-0.15, -0.1) is 0 Å². The Balaban J connectivity index is 0.000000166. The highest BCUT2D eigenvalue weighted by molar-refractivity contribution is 5.93. The second-order valence-corrected chi connectivity index (χ2v) is 21.7. The molecule has 15 heteroatoms. The van der Waals surface area contributed by atoms with E-state index in [1.54, 1.807) is 9.80 Å². The third-order valence-electron chi connectivity index (χ3n) is 13.5. The van der Waals surface area contributed by atoms with Crippen molar-refractivity contribution in [3.05, 3.63) is 71.7 Å². The van der Waals surface area contributed by atoms with Crippen LogP contribution in [0, 0.1) is 11.8 Å². The molecule has 3 aromatic heterocycles. The number of carbonyl (C=O) groups is 4. The van der Waals surface area contributed by atoms with Gasteiger partial charge in [0.2, 0.25) is 11.8 Å².